The van der Waals surface area contributed by atoms with Crippen molar-refractivity contribution < 1.29 is 0 Å². The first-order chi connectivity index (χ1) is 6.69. The van der Waals surface area contributed by atoms with Crippen LogP contribution in [0.3, 0.4) is 0 Å². The minimum atomic E-state index is 0.593. The topological polar surface area (TPSA) is 29.3 Å². The standard InChI is InChI=1S/C12H26N2/c1-4-5-10(2)12(8-13)14(3)9-11-6-7-11/h10-12H,4-9,13H2,1-3H3. The second-order valence-electron chi connectivity index (χ2n) is 4.95. The van der Waals surface area contributed by atoms with Gasteiger partial charge in [0.15, 0.2) is 0 Å². The number of likely N-dealkylation sites (N-methyl/N-ethyl adjacent to an activating group) is 1. The summed E-state index contributed by atoms with van der Waals surface area (Å²) in [6.45, 7) is 6.66. The molecular weight excluding hydrogens is 172 g/mol. The van der Waals surface area contributed by atoms with E-state index < -0.39 is 0 Å². The highest BCUT2D eigenvalue weighted by Gasteiger charge is 2.27. The Morgan fingerprint density at radius 1 is 1.43 bits per heavy atom. The zero-order valence-corrected chi connectivity index (χ0v) is 10.00. The van der Waals surface area contributed by atoms with E-state index in [-0.39, 0.29) is 0 Å². The van der Waals surface area contributed by atoms with Gasteiger partial charge in [-0.2, -0.15) is 0 Å². The van der Waals surface area contributed by atoms with E-state index >= 15 is 0 Å². The molecule has 0 spiro atoms. The van der Waals surface area contributed by atoms with Gasteiger partial charge < -0.3 is 10.6 Å². The second kappa shape index (κ2) is 5.72. The largest absolute Gasteiger partial charge is 0.329 e. The molecule has 0 heterocycles. The molecule has 2 unspecified atom stereocenters. The van der Waals surface area contributed by atoms with Crippen LogP contribution in [0.2, 0.25) is 0 Å². The maximum Gasteiger partial charge on any atom is 0.0241 e. The Labute approximate surface area is 88.8 Å². The number of nitrogens with zero attached hydrogens (tertiary/aromatic N) is 1. The third kappa shape index (κ3) is 3.58. The summed E-state index contributed by atoms with van der Waals surface area (Å²) in [5, 5.41) is 0. The van der Waals surface area contributed by atoms with Crippen molar-refractivity contribution in [2.75, 3.05) is 20.1 Å². The zero-order chi connectivity index (χ0) is 10.6. The molecule has 0 radical (unpaired) electrons. The summed E-state index contributed by atoms with van der Waals surface area (Å²) in [6, 6.07) is 0.593. The Balaban J connectivity index is 2.33. The van der Waals surface area contributed by atoms with Crippen LogP contribution >= 0.6 is 0 Å². The lowest BCUT2D eigenvalue weighted by molar-refractivity contribution is 0.175. The Bertz CT molecular complexity index is 154. The fourth-order valence-electron chi connectivity index (χ4n) is 2.34. The first-order valence-corrected chi connectivity index (χ1v) is 6.09. The molecular formula is C12H26N2. The molecule has 2 nitrogen and oxygen atoms in total. The summed E-state index contributed by atoms with van der Waals surface area (Å²) in [5.74, 6) is 1.72. The fraction of sp³-hybridized carbons (Fsp3) is 1.00. The monoisotopic (exact) mass is 198 g/mol. The Hall–Kier alpha value is -0.0800. The zero-order valence-electron chi connectivity index (χ0n) is 10.00. The minimum Gasteiger partial charge on any atom is -0.329 e. The number of rotatable bonds is 7. The molecule has 1 aliphatic carbocycles. The van der Waals surface area contributed by atoms with Gasteiger partial charge in [-0.15, -0.1) is 0 Å². The van der Waals surface area contributed by atoms with Crippen LogP contribution in [0.15, 0.2) is 0 Å². The molecule has 0 bridgehead atoms. The molecule has 1 aliphatic rings. The number of hydrogen-bond acceptors (Lipinski definition) is 2. The van der Waals surface area contributed by atoms with E-state index in [9.17, 15) is 0 Å². The summed E-state index contributed by atoms with van der Waals surface area (Å²) in [5.41, 5.74) is 5.86. The molecule has 0 amide bonds. The van der Waals surface area contributed by atoms with Gasteiger partial charge in [-0.3, -0.25) is 0 Å². The highest BCUT2D eigenvalue weighted by molar-refractivity contribution is 4.82. The molecule has 2 heteroatoms. The van der Waals surface area contributed by atoms with Crippen LogP contribution < -0.4 is 5.73 Å². The van der Waals surface area contributed by atoms with Gasteiger partial charge in [-0.25, -0.2) is 0 Å². The van der Waals surface area contributed by atoms with Crippen molar-refractivity contribution in [3.63, 3.8) is 0 Å². The van der Waals surface area contributed by atoms with Gasteiger partial charge >= 0.3 is 0 Å². The summed E-state index contributed by atoms with van der Waals surface area (Å²) in [4.78, 5) is 2.48. The summed E-state index contributed by atoms with van der Waals surface area (Å²) in [6.07, 6.45) is 5.44. The van der Waals surface area contributed by atoms with E-state index in [2.05, 4.69) is 25.8 Å². The molecule has 2 atom stereocenters. The SMILES string of the molecule is CCCC(C)C(CN)N(C)CC1CC1. The molecule has 1 fully saturated rings. The fourth-order valence-corrected chi connectivity index (χ4v) is 2.34. The van der Waals surface area contributed by atoms with Crippen LogP contribution in [0.4, 0.5) is 0 Å². The maximum atomic E-state index is 5.86. The van der Waals surface area contributed by atoms with Gasteiger partial charge in [0.25, 0.3) is 0 Å². The van der Waals surface area contributed by atoms with Gasteiger partial charge in [-0.05, 0) is 38.1 Å². The summed E-state index contributed by atoms with van der Waals surface area (Å²) >= 11 is 0. The van der Waals surface area contributed by atoms with E-state index in [0.717, 1.165) is 18.4 Å². The van der Waals surface area contributed by atoms with Crippen LogP contribution in [0.1, 0.15) is 39.5 Å². The molecule has 2 N–H and O–H groups in total. The van der Waals surface area contributed by atoms with Crippen LogP contribution in [0.25, 0.3) is 0 Å². The van der Waals surface area contributed by atoms with E-state index in [1.54, 1.807) is 0 Å². The van der Waals surface area contributed by atoms with E-state index in [0.29, 0.717) is 6.04 Å². The second-order valence-corrected chi connectivity index (χ2v) is 4.95. The van der Waals surface area contributed by atoms with Crippen molar-refractivity contribution >= 4 is 0 Å². The van der Waals surface area contributed by atoms with Gasteiger partial charge in [0, 0.05) is 19.1 Å². The van der Waals surface area contributed by atoms with Crippen molar-refractivity contribution in [1.82, 2.24) is 4.90 Å². The van der Waals surface area contributed by atoms with Gasteiger partial charge in [0.05, 0.1) is 0 Å². The minimum absolute atomic E-state index is 0.593. The lowest BCUT2D eigenvalue weighted by Crippen LogP contribution is -2.43. The maximum absolute atomic E-state index is 5.86. The van der Waals surface area contributed by atoms with Crippen LogP contribution in [-0.2, 0) is 0 Å². The molecule has 0 aliphatic heterocycles. The average molecular weight is 198 g/mol. The molecule has 0 aromatic heterocycles. The number of nitrogens with two attached hydrogens (primary N) is 1. The van der Waals surface area contributed by atoms with Crippen LogP contribution in [0, 0.1) is 11.8 Å². The Morgan fingerprint density at radius 3 is 2.50 bits per heavy atom. The van der Waals surface area contributed by atoms with Crippen molar-refractivity contribution in [2.24, 2.45) is 17.6 Å². The van der Waals surface area contributed by atoms with Crippen LogP contribution in [-0.4, -0.2) is 31.1 Å². The molecule has 0 aromatic carbocycles. The highest BCUT2D eigenvalue weighted by atomic mass is 15.1. The van der Waals surface area contributed by atoms with Gasteiger partial charge in [0.1, 0.15) is 0 Å². The third-order valence-corrected chi connectivity index (χ3v) is 3.45. The normalized spacial score (nSPS) is 21.2. The highest BCUT2D eigenvalue weighted by Crippen LogP contribution is 2.30. The van der Waals surface area contributed by atoms with Crippen molar-refractivity contribution in [3.8, 4) is 0 Å². The summed E-state index contributed by atoms with van der Waals surface area (Å²) < 4.78 is 0. The molecule has 0 saturated heterocycles. The molecule has 84 valence electrons. The first-order valence-electron chi connectivity index (χ1n) is 6.09. The Kier molecular flexibility index (Phi) is 4.90. The molecule has 0 aromatic rings. The van der Waals surface area contributed by atoms with Crippen molar-refractivity contribution in [3.05, 3.63) is 0 Å². The van der Waals surface area contributed by atoms with Gasteiger partial charge in [-0.1, -0.05) is 20.3 Å². The van der Waals surface area contributed by atoms with E-state index in [1.807, 2.05) is 0 Å². The lowest BCUT2D eigenvalue weighted by atomic mass is 9.95. The van der Waals surface area contributed by atoms with Gasteiger partial charge in [0.2, 0.25) is 0 Å². The molecule has 1 saturated carbocycles. The molecule has 1 rings (SSSR count). The lowest BCUT2D eigenvalue weighted by Gasteiger charge is -2.32. The van der Waals surface area contributed by atoms with E-state index in [4.69, 9.17) is 5.73 Å². The van der Waals surface area contributed by atoms with Crippen molar-refractivity contribution in [2.45, 2.75) is 45.6 Å². The quantitative estimate of drug-likeness (QED) is 0.679. The predicted octanol–water partition coefficient (Wildman–Crippen LogP) is 2.09. The average Bonchev–Trinajstić information content (AvgIpc) is 2.90. The summed E-state index contributed by atoms with van der Waals surface area (Å²) in [7, 11) is 2.24. The van der Waals surface area contributed by atoms with Crippen molar-refractivity contribution in [1.29, 1.82) is 0 Å². The first kappa shape index (κ1) is 12.0. The predicted molar refractivity (Wildman–Crippen MR) is 62.3 cm³/mol. The Morgan fingerprint density at radius 2 is 2.07 bits per heavy atom. The third-order valence-electron chi connectivity index (χ3n) is 3.45. The van der Waals surface area contributed by atoms with Crippen LogP contribution in [0.5, 0.6) is 0 Å². The number of hydrogen-bond donors (Lipinski definition) is 1. The van der Waals surface area contributed by atoms with E-state index in [1.165, 1.54) is 32.2 Å². The molecule has 14 heavy (non-hydrogen) atoms. The smallest absolute Gasteiger partial charge is 0.0241 e.